The molecular weight excluding hydrogens is 404 g/mol. The van der Waals surface area contributed by atoms with Crippen molar-refractivity contribution in [3.05, 3.63) is 100 Å². The standard InChI is InChI=1S/C30H30N2O/c1-19-8-12-23(13-9-19)32-28-16-22-11-15-27(30(22,3)17-21(28)18-31-32)29(33)26-14-10-20(2)24-6-4-5-7-25(24)26/h4-10,12-14,16,18,27,29,33H,11,15,17H2,1-3H3/t27-,29-,30+/m1/s1. The van der Waals surface area contributed by atoms with E-state index in [9.17, 15) is 5.11 Å². The highest BCUT2D eigenvalue weighted by molar-refractivity contribution is 5.88. The Labute approximate surface area is 195 Å². The maximum atomic E-state index is 11.7. The molecule has 2 aliphatic carbocycles. The molecule has 33 heavy (non-hydrogen) atoms. The summed E-state index contributed by atoms with van der Waals surface area (Å²) in [5.41, 5.74) is 8.53. The summed E-state index contributed by atoms with van der Waals surface area (Å²) in [6, 6.07) is 21.3. The minimum absolute atomic E-state index is 0.0560. The van der Waals surface area contributed by atoms with Gasteiger partial charge in [0.25, 0.3) is 0 Å². The van der Waals surface area contributed by atoms with Crippen LogP contribution in [0.3, 0.4) is 0 Å². The fraction of sp³-hybridized carbons (Fsp3) is 0.300. The lowest BCUT2D eigenvalue weighted by Gasteiger charge is -2.38. The fourth-order valence-corrected chi connectivity index (χ4v) is 6.22. The van der Waals surface area contributed by atoms with E-state index in [0.29, 0.717) is 0 Å². The van der Waals surface area contributed by atoms with Gasteiger partial charge in [0.05, 0.1) is 23.7 Å². The van der Waals surface area contributed by atoms with Crippen molar-refractivity contribution < 1.29 is 5.11 Å². The second-order valence-corrected chi connectivity index (χ2v) is 10.2. The summed E-state index contributed by atoms with van der Waals surface area (Å²) < 4.78 is 2.07. The molecule has 0 aliphatic heterocycles. The van der Waals surface area contributed by atoms with E-state index >= 15 is 0 Å². The summed E-state index contributed by atoms with van der Waals surface area (Å²) in [6.07, 6.45) is 6.85. The third-order valence-electron chi connectivity index (χ3n) is 8.19. The first-order chi connectivity index (χ1) is 16.0. The number of fused-ring (bicyclic) bond motifs is 3. The zero-order valence-electron chi connectivity index (χ0n) is 19.5. The Kier molecular flexibility index (Phi) is 4.60. The largest absolute Gasteiger partial charge is 0.388 e. The van der Waals surface area contributed by atoms with Crippen LogP contribution >= 0.6 is 0 Å². The van der Waals surface area contributed by atoms with Crippen molar-refractivity contribution in [1.29, 1.82) is 0 Å². The molecular formula is C30H30N2O. The summed E-state index contributed by atoms with van der Waals surface area (Å²) >= 11 is 0. The van der Waals surface area contributed by atoms with E-state index < -0.39 is 6.10 Å². The highest BCUT2D eigenvalue weighted by Crippen LogP contribution is 2.57. The molecule has 3 nitrogen and oxygen atoms in total. The molecule has 0 spiro atoms. The molecule has 1 heterocycles. The topological polar surface area (TPSA) is 38.0 Å². The second kappa shape index (κ2) is 7.43. The third kappa shape index (κ3) is 3.10. The third-order valence-corrected chi connectivity index (χ3v) is 8.19. The summed E-state index contributed by atoms with van der Waals surface area (Å²) in [5, 5.41) is 18.9. The van der Waals surface area contributed by atoms with E-state index in [1.165, 1.54) is 38.7 Å². The minimum Gasteiger partial charge on any atom is -0.388 e. The Morgan fingerprint density at radius 1 is 1.00 bits per heavy atom. The number of benzene rings is 3. The Morgan fingerprint density at radius 3 is 2.55 bits per heavy atom. The molecule has 0 unspecified atom stereocenters. The lowest BCUT2D eigenvalue weighted by Crippen LogP contribution is -2.32. The van der Waals surface area contributed by atoms with Crippen LogP contribution in [0.25, 0.3) is 22.5 Å². The van der Waals surface area contributed by atoms with E-state index in [2.05, 4.69) is 92.2 Å². The van der Waals surface area contributed by atoms with Gasteiger partial charge in [-0.15, -0.1) is 0 Å². The van der Waals surface area contributed by atoms with Crippen molar-refractivity contribution in [3.63, 3.8) is 0 Å². The molecule has 4 aromatic rings. The van der Waals surface area contributed by atoms with Crippen molar-refractivity contribution in [3.8, 4) is 5.69 Å². The monoisotopic (exact) mass is 434 g/mol. The number of rotatable bonds is 3. The van der Waals surface area contributed by atoms with Crippen LogP contribution < -0.4 is 0 Å². The molecule has 0 radical (unpaired) electrons. The molecule has 3 heteroatoms. The number of allylic oxidation sites excluding steroid dienone is 1. The Balaban J connectivity index is 1.38. The van der Waals surface area contributed by atoms with Crippen LogP contribution in [0.2, 0.25) is 0 Å². The Morgan fingerprint density at radius 2 is 1.76 bits per heavy atom. The average molecular weight is 435 g/mol. The maximum absolute atomic E-state index is 11.7. The van der Waals surface area contributed by atoms with Gasteiger partial charge in [-0.1, -0.05) is 66.6 Å². The molecule has 3 atom stereocenters. The van der Waals surface area contributed by atoms with Crippen molar-refractivity contribution in [2.45, 2.75) is 46.1 Å². The van der Waals surface area contributed by atoms with Crippen molar-refractivity contribution >= 4 is 16.8 Å². The number of aliphatic hydroxyl groups excluding tert-OH is 1. The van der Waals surface area contributed by atoms with Gasteiger partial charge in [-0.05, 0) is 90.1 Å². The highest BCUT2D eigenvalue weighted by Gasteiger charge is 2.48. The molecule has 6 rings (SSSR count). The van der Waals surface area contributed by atoms with Crippen LogP contribution in [0.5, 0.6) is 0 Å². The molecule has 1 aromatic heterocycles. The van der Waals surface area contributed by atoms with Gasteiger partial charge >= 0.3 is 0 Å². The number of hydrogen-bond acceptors (Lipinski definition) is 2. The second-order valence-electron chi connectivity index (χ2n) is 10.2. The first-order valence-corrected chi connectivity index (χ1v) is 12.0. The van der Waals surface area contributed by atoms with E-state index in [0.717, 1.165) is 30.5 Å². The summed E-state index contributed by atoms with van der Waals surface area (Å²) in [7, 11) is 0. The summed E-state index contributed by atoms with van der Waals surface area (Å²) in [5.74, 6) is 0.186. The van der Waals surface area contributed by atoms with Gasteiger partial charge in [0.1, 0.15) is 0 Å². The fourth-order valence-electron chi connectivity index (χ4n) is 6.22. The number of nitrogens with zero attached hydrogens (tertiary/aromatic N) is 2. The lowest BCUT2D eigenvalue weighted by atomic mass is 9.67. The van der Waals surface area contributed by atoms with Gasteiger partial charge in [0.15, 0.2) is 0 Å². The van der Waals surface area contributed by atoms with Crippen molar-refractivity contribution in [1.82, 2.24) is 9.78 Å². The summed E-state index contributed by atoms with van der Waals surface area (Å²) in [4.78, 5) is 0. The first kappa shape index (κ1) is 20.4. The minimum atomic E-state index is -0.486. The van der Waals surface area contributed by atoms with Crippen LogP contribution in [0.4, 0.5) is 0 Å². The molecule has 166 valence electrons. The van der Waals surface area contributed by atoms with Crippen LogP contribution in [0, 0.1) is 25.2 Å². The quantitative estimate of drug-likeness (QED) is 0.388. The average Bonchev–Trinajstić information content (AvgIpc) is 3.37. The maximum Gasteiger partial charge on any atom is 0.0832 e. The van der Waals surface area contributed by atoms with Gasteiger partial charge in [-0.25, -0.2) is 4.68 Å². The first-order valence-electron chi connectivity index (χ1n) is 12.0. The number of aromatic nitrogens is 2. The smallest absolute Gasteiger partial charge is 0.0832 e. The Bertz CT molecular complexity index is 1390. The zero-order chi connectivity index (χ0) is 22.7. The van der Waals surface area contributed by atoms with Gasteiger partial charge in [0.2, 0.25) is 0 Å². The van der Waals surface area contributed by atoms with E-state index in [1.807, 2.05) is 6.20 Å². The molecule has 0 amide bonds. The number of aliphatic hydroxyl groups is 1. The van der Waals surface area contributed by atoms with Crippen molar-refractivity contribution in [2.24, 2.45) is 11.3 Å². The molecule has 3 aromatic carbocycles. The molecule has 1 N–H and O–H groups in total. The molecule has 0 bridgehead atoms. The van der Waals surface area contributed by atoms with Crippen LogP contribution in [0.15, 0.2) is 72.4 Å². The van der Waals surface area contributed by atoms with Gasteiger partial charge < -0.3 is 5.11 Å². The highest BCUT2D eigenvalue weighted by atomic mass is 16.3. The van der Waals surface area contributed by atoms with E-state index in [4.69, 9.17) is 5.10 Å². The van der Waals surface area contributed by atoms with E-state index in [1.54, 1.807) is 0 Å². The normalized spacial score (nSPS) is 22.7. The predicted molar refractivity (Wildman–Crippen MR) is 134 cm³/mol. The molecule has 0 saturated heterocycles. The van der Waals surface area contributed by atoms with E-state index in [-0.39, 0.29) is 11.3 Å². The summed E-state index contributed by atoms with van der Waals surface area (Å²) in [6.45, 7) is 6.60. The lowest BCUT2D eigenvalue weighted by molar-refractivity contribution is 0.0567. The van der Waals surface area contributed by atoms with Gasteiger partial charge in [-0.2, -0.15) is 5.10 Å². The predicted octanol–water partition coefficient (Wildman–Crippen LogP) is 6.73. The SMILES string of the molecule is Cc1ccc(-n2ncc3c2C=C2CC[C@H]([C@H](O)c4ccc(C)c5ccccc45)[C@@]2(C)C3)cc1. The van der Waals surface area contributed by atoms with Gasteiger partial charge in [0, 0.05) is 0 Å². The molecule has 1 fully saturated rings. The zero-order valence-corrected chi connectivity index (χ0v) is 19.5. The van der Waals surface area contributed by atoms with Crippen LogP contribution in [-0.4, -0.2) is 14.9 Å². The van der Waals surface area contributed by atoms with Crippen molar-refractivity contribution in [2.75, 3.05) is 0 Å². The number of aryl methyl sites for hydroxylation is 2. The Hall–Kier alpha value is -3.17. The van der Waals surface area contributed by atoms with Crippen LogP contribution in [0.1, 0.15) is 53.8 Å². The molecule has 2 aliphatic rings. The molecule has 1 saturated carbocycles. The van der Waals surface area contributed by atoms with Crippen LogP contribution in [-0.2, 0) is 6.42 Å². The number of hydrogen-bond donors (Lipinski definition) is 1. The van der Waals surface area contributed by atoms with Gasteiger partial charge in [-0.3, -0.25) is 0 Å².